The van der Waals surface area contributed by atoms with Gasteiger partial charge in [0.25, 0.3) is 0 Å². The fourth-order valence-corrected chi connectivity index (χ4v) is 2.07. The maximum absolute atomic E-state index is 12.6. The largest absolute Gasteiger partial charge is 0.271 e. The van der Waals surface area contributed by atoms with Gasteiger partial charge in [0, 0.05) is 16.7 Å². The van der Waals surface area contributed by atoms with E-state index < -0.39 is 0 Å². The fourth-order valence-electron chi connectivity index (χ4n) is 1.01. The third kappa shape index (κ3) is 3.65. The molecule has 0 spiro atoms. The molecule has 78 valence electrons. The molecule has 0 bridgehead atoms. The van der Waals surface area contributed by atoms with Crippen LogP contribution in [0.3, 0.4) is 0 Å². The molecule has 1 rings (SSSR count). The highest BCUT2D eigenvalue weighted by atomic mass is 32.2. The predicted octanol–water partition coefficient (Wildman–Crippen LogP) is 2.16. The Morgan fingerprint density at radius 3 is 2.57 bits per heavy atom. The number of rotatable bonds is 5. The summed E-state index contributed by atoms with van der Waals surface area (Å²) in [6.45, 7) is 2.08. The number of hydrogen-bond donors (Lipinski definition) is 2. The van der Waals surface area contributed by atoms with Crippen LogP contribution in [0.4, 0.5) is 4.39 Å². The standard InChI is InChI=1S/C10H15FN2S/c1-2-9(13-12)7-14-10-5-3-8(11)4-6-10/h3-6,9,13H,2,7,12H2,1H3. The van der Waals surface area contributed by atoms with Crippen molar-refractivity contribution >= 4 is 11.8 Å². The zero-order valence-electron chi connectivity index (χ0n) is 8.16. The molecular weight excluding hydrogens is 199 g/mol. The molecule has 0 aliphatic rings. The molecule has 0 aliphatic carbocycles. The van der Waals surface area contributed by atoms with E-state index in [-0.39, 0.29) is 5.82 Å². The first-order valence-electron chi connectivity index (χ1n) is 4.60. The van der Waals surface area contributed by atoms with Gasteiger partial charge >= 0.3 is 0 Å². The lowest BCUT2D eigenvalue weighted by Crippen LogP contribution is -2.36. The van der Waals surface area contributed by atoms with Crippen LogP contribution in [0.5, 0.6) is 0 Å². The molecule has 0 aromatic heterocycles. The van der Waals surface area contributed by atoms with Gasteiger partial charge in [0.1, 0.15) is 5.82 Å². The van der Waals surface area contributed by atoms with Crippen molar-refractivity contribution in [3.63, 3.8) is 0 Å². The van der Waals surface area contributed by atoms with Crippen molar-refractivity contribution in [1.29, 1.82) is 0 Å². The van der Waals surface area contributed by atoms with E-state index in [4.69, 9.17) is 5.84 Å². The van der Waals surface area contributed by atoms with Crippen LogP contribution in [-0.4, -0.2) is 11.8 Å². The summed E-state index contributed by atoms with van der Waals surface area (Å²) < 4.78 is 12.6. The summed E-state index contributed by atoms with van der Waals surface area (Å²) in [6, 6.07) is 6.81. The van der Waals surface area contributed by atoms with Crippen molar-refractivity contribution in [2.75, 3.05) is 5.75 Å². The fraction of sp³-hybridized carbons (Fsp3) is 0.400. The lowest BCUT2D eigenvalue weighted by atomic mass is 10.3. The maximum atomic E-state index is 12.6. The number of hydrazine groups is 1. The lowest BCUT2D eigenvalue weighted by Gasteiger charge is -2.12. The number of nitrogens with one attached hydrogen (secondary N) is 1. The van der Waals surface area contributed by atoms with Gasteiger partial charge in [0.05, 0.1) is 0 Å². The number of halogens is 1. The van der Waals surface area contributed by atoms with Gasteiger partial charge in [0.15, 0.2) is 0 Å². The minimum atomic E-state index is -0.196. The van der Waals surface area contributed by atoms with Gasteiger partial charge < -0.3 is 0 Å². The Morgan fingerprint density at radius 2 is 2.07 bits per heavy atom. The van der Waals surface area contributed by atoms with Gasteiger partial charge in [-0.15, -0.1) is 11.8 Å². The van der Waals surface area contributed by atoms with E-state index in [1.165, 1.54) is 12.1 Å². The van der Waals surface area contributed by atoms with Crippen molar-refractivity contribution in [3.05, 3.63) is 30.1 Å². The van der Waals surface area contributed by atoms with Crippen LogP contribution in [0.2, 0.25) is 0 Å². The normalized spacial score (nSPS) is 12.8. The van der Waals surface area contributed by atoms with Crippen molar-refractivity contribution in [1.82, 2.24) is 5.43 Å². The first-order chi connectivity index (χ1) is 6.76. The Morgan fingerprint density at radius 1 is 1.43 bits per heavy atom. The van der Waals surface area contributed by atoms with Crippen LogP contribution >= 0.6 is 11.8 Å². The molecular formula is C10H15FN2S. The SMILES string of the molecule is CCC(CSc1ccc(F)cc1)NN. The zero-order chi connectivity index (χ0) is 10.4. The Kier molecular flexibility index (Phi) is 4.93. The number of hydrogen-bond acceptors (Lipinski definition) is 3. The van der Waals surface area contributed by atoms with Crippen molar-refractivity contribution in [3.8, 4) is 0 Å². The molecule has 0 aliphatic heterocycles. The average Bonchev–Trinajstić information content (AvgIpc) is 2.22. The van der Waals surface area contributed by atoms with E-state index in [2.05, 4.69) is 12.3 Å². The topological polar surface area (TPSA) is 38.0 Å². The van der Waals surface area contributed by atoms with Gasteiger partial charge in [-0.1, -0.05) is 6.92 Å². The van der Waals surface area contributed by atoms with Crippen LogP contribution in [0.1, 0.15) is 13.3 Å². The third-order valence-electron chi connectivity index (χ3n) is 1.99. The quantitative estimate of drug-likeness (QED) is 0.448. The van der Waals surface area contributed by atoms with E-state index in [9.17, 15) is 4.39 Å². The third-order valence-corrected chi connectivity index (χ3v) is 3.17. The second-order valence-electron chi connectivity index (χ2n) is 3.04. The molecule has 0 saturated carbocycles. The predicted molar refractivity (Wildman–Crippen MR) is 58.5 cm³/mol. The van der Waals surface area contributed by atoms with Crippen molar-refractivity contribution in [2.24, 2.45) is 5.84 Å². The van der Waals surface area contributed by atoms with Gasteiger partial charge in [-0.2, -0.15) is 0 Å². The van der Waals surface area contributed by atoms with E-state index in [1.807, 2.05) is 0 Å². The summed E-state index contributed by atoms with van der Waals surface area (Å²) in [7, 11) is 0. The van der Waals surface area contributed by atoms with E-state index in [0.717, 1.165) is 17.1 Å². The Hall–Kier alpha value is -0.580. The molecule has 1 unspecified atom stereocenters. The monoisotopic (exact) mass is 214 g/mol. The van der Waals surface area contributed by atoms with E-state index >= 15 is 0 Å². The first kappa shape index (κ1) is 11.5. The zero-order valence-corrected chi connectivity index (χ0v) is 8.98. The number of thioether (sulfide) groups is 1. The van der Waals surface area contributed by atoms with E-state index in [0.29, 0.717) is 6.04 Å². The smallest absolute Gasteiger partial charge is 0.123 e. The number of nitrogens with two attached hydrogens (primary N) is 1. The van der Waals surface area contributed by atoms with Gasteiger partial charge in [-0.05, 0) is 30.7 Å². The highest BCUT2D eigenvalue weighted by Gasteiger charge is 2.03. The summed E-state index contributed by atoms with van der Waals surface area (Å²) >= 11 is 1.68. The van der Waals surface area contributed by atoms with Crippen LogP contribution in [0, 0.1) is 5.82 Å². The maximum Gasteiger partial charge on any atom is 0.123 e. The molecule has 14 heavy (non-hydrogen) atoms. The van der Waals surface area contributed by atoms with Crippen molar-refractivity contribution < 1.29 is 4.39 Å². The summed E-state index contributed by atoms with van der Waals surface area (Å²) in [4.78, 5) is 1.07. The second kappa shape index (κ2) is 6.01. The van der Waals surface area contributed by atoms with Crippen LogP contribution in [0.25, 0.3) is 0 Å². The molecule has 0 amide bonds. The Labute approximate surface area is 88.0 Å². The highest BCUT2D eigenvalue weighted by molar-refractivity contribution is 7.99. The number of benzene rings is 1. The highest BCUT2D eigenvalue weighted by Crippen LogP contribution is 2.19. The van der Waals surface area contributed by atoms with Gasteiger partial charge in [-0.3, -0.25) is 11.3 Å². The Balaban J connectivity index is 2.41. The Bertz CT molecular complexity index is 259. The summed E-state index contributed by atoms with van der Waals surface area (Å²) in [5.74, 6) is 6.05. The second-order valence-corrected chi connectivity index (χ2v) is 4.13. The molecule has 1 atom stereocenters. The molecule has 1 aromatic rings. The average molecular weight is 214 g/mol. The first-order valence-corrected chi connectivity index (χ1v) is 5.59. The molecule has 2 nitrogen and oxygen atoms in total. The minimum absolute atomic E-state index is 0.196. The molecule has 0 saturated heterocycles. The molecule has 0 heterocycles. The minimum Gasteiger partial charge on any atom is -0.271 e. The van der Waals surface area contributed by atoms with Crippen LogP contribution < -0.4 is 11.3 Å². The molecule has 3 N–H and O–H groups in total. The van der Waals surface area contributed by atoms with Gasteiger partial charge in [0.2, 0.25) is 0 Å². The summed E-state index contributed by atoms with van der Waals surface area (Å²) in [5.41, 5.74) is 2.74. The van der Waals surface area contributed by atoms with Crippen LogP contribution in [0.15, 0.2) is 29.2 Å². The molecule has 0 fully saturated rings. The molecule has 1 aromatic carbocycles. The van der Waals surface area contributed by atoms with E-state index in [1.54, 1.807) is 23.9 Å². The van der Waals surface area contributed by atoms with Crippen molar-refractivity contribution in [2.45, 2.75) is 24.3 Å². The van der Waals surface area contributed by atoms with Gasteiger partial charge in [-0.25, -0.2) is 4.39 Å². The molecule has 4 heteroatoms. The summed E-state index contributed by atoms with van der Waals surface area (Å²) in [6.07, 6.45) is 0.991. The lowest BCUT2D eigenvalue weighted by molar-refractivity contribution is 0.562. The van der Waals surface area contributed by atoms with Crippen LogP contribution in [-0.2, 0) is 0 Å². The summed E-state index contributed by atoms with van der Waals surface area (Å²) in [5, 5.41) is 0. The molecule has 0 radical (unpaired) electrons.